The highest BCUT2D eigenvalue weighted by Crippen LogP contribution is 2.69. The summed E-state index contributed by atoms with van der Waals surface area (Å²) in [5.41, 5.74) is -1.24. The predicted octanol–water partition coefficient (Wildman–Crippen LogP) is 4.00. The van der Waals surface area contributed by atoms with Crippen molar-refractivity contribution in [3.63, 3.8) is 0 Å². The van der Waals surface area contributed by atoms with E-state index in [9.17, 15) is 14.6 Å². The fourth-order valence-corrected chi connectivity index (χ4v) is 6.29. The second-order valence-electron chi connectivity index (χ2n) is 9.27. The van der Waals surface area contributed by atoms with Crippen LogP contribution in [0.3, 0.4) is 0 Å². The summed E-state index contributed by atoms with van der Waals surface area (Å²) in [6, 6.07) is 17.3. The number of rotatable bonds is 7. The molecule has 5 unspecified atom stereocenters. The normalized spacial score (nSPS) is 29.1. The number of aromatic nitrogens is 1. The van der Waals surface area contributed by atoms with Gasteiger partial charge in [-0.3, -0.25) is 4.98 Å². The molecule has 0 bridgehead atoms. The first-order chi connectivity index (χ1) is 16.9. The molecule has 0 radical (unpaired) electrons. The van der Waals surface area contributed by atoms with Gasteiger partial charge in [-0.2, -0.15) is 0 Å². The topological polar surface area (TPSA) is 75.0 Å². The fourth-order valence-electron chi connectivity index (χ4n) is 6.03. The van der Waals surface area contributed by atoms with Crippen LogP contribution >= 0.6 is 15.9 Å². The maximum absolute atomic E-state index is 13.2. The molecule has 1 aliphatic carbocycles. The van der Waals surface area contributed by atoms with E-state index in [1.807, 2.05) is 66.5 Å². The van der Waals surface area contributed by atoms with Gasteiger partial charge in [0.25, 0.3) is 0 Å². The van der Waals surface area contributed by atoms with Gasteiger partial charge < -0.3 is 24.6 Å². The Labute approximate surface area is 212 Å². The molecule has 0 saturated heterocycles. The van der Waals surface area contributed by atoms with Crippen molar-refractivity contribution in [1.29, 1.82) is 0 Å². The lowest BCUT2D eigenvalue weighted by Crippen LogP contribution is -2.52. The van der Waals surface area contributed by atoms with E-state index < -0.39 is 35.8 Å². The zero-order chi connectivity index (χ0) is 24.8. The van der Waals surface area contributed by atoms with E-state index in [-0.39, 0.29) is 6.54 Å². The molecule has 5 atom stereocenters. The Morgan fingerprint density at radius 1 is 1.14 bits per heavy atom. The molecule has 2 aliphatic rings. The summed E-state index contributed by atoms with van der Waals surface area (Å²) in [4.78, 5) is 6.08. The molecule has 6 nitrogen and oxygen atoms in total. The van der Waals surface area contributed by atoms with Crippen molar-refractivity contribution in [2.24, 2.45) is 5.92 Å². The molecule has 1 fully saturated rings. The Kier molecular flexibility index (Phi) is 6.34. The summed E-state index contributed by atoms with van der Waals surface area (Å²) in [5.74, 6) is -0.240. The first-order valence-electron chi connectivity index (χ1n) is 11.6. The molecule has 1 aromatic heterocycles. The number of hydrogen-bond acceptors (Lipinski definition) is 6. The highest BCUT2D eigenvalue weighted by atomic mass is 79.9. The standard InChI is InChI=1S/C27H28BrFN2O4/c1-31(13-12-29)16-20-23(17-6-4-3-5-7-17)27(18-8-10-19(28)11-9-18)26(33,25(20)32)24-21(34-2)14-30-15-22(24)35-27/h3-11,14-15,20,23,25,32-33H,12-13,16H2,1-2H3. The van der Waals surface area contributed by atoms with Gasteiger partial charge in [-0.25, -0.2) is 4.39 Å². The van der Waals surface area contributed by atoms with Crippen molar-refractivity contribution in [1.82, 2.24) is 9.88 Å². The number of hydrogen-bond donors (Lipinski definition) is 2. The van der Waals surface area contributed by atoms with Crippen molar-refractivity contribution in [3.05, 3.63) is 88.2 Å². The zero-order valence-electron chi connectivity index (χ0n) is 19.6. The van der Waals surface area contributed by atoms with Crippen LogP contribution in [-0.2, 0) is 11.2 Å². The van der Waals surface area contributed by atoms with E-state index in [0.717, 1.165) is 10.0 Å². The number of fused-ring (bicyclic) bond motifs is 3. The second-order valence-corrected chi connectivity index (χ2v) is 10.2. The number of benzene rings is 2. The van der Waals surface area contributed by atoms with Crippen molar-refractivity contribution in [3.8, 4) is 11.5 Å². The molecule has 184 valence electrons. The molecular weight excluding hydrogens is 515 g/mol. The van der Waals surface area contributed by atoms with Crippen LogP contribution in [-0.4, -0.2) is 60.1 Å². The van der Waals surface area contributed by atoms with E-state index in [2.05, 4.69) is 20.9 Å². The Balaban J connectivity index is 1.81. The average molecular weight is 543 g/mol. The molecule has 2 N–H and O–H groups in total. The summed E-state index contributed by atoms with van der Waals surface area (Å²) >= 11 is 3.50. The van der Waals surface area contributed by atoms with E-state index >= 15 is 0 Å². The summed E-state index contributed by atoms with van der Waals surface area (Å²) in [5, 5.41) is 24.7. The predicted molar refractivity (Wildman–Crippen MR) is 133 cm³/mol. The average Bonchev–Trinajstić information content (AvgIpc) is 3.23. The molecule has 5 rings (SSSR count). The van der Waals surface area contributed by atoms with Crippen molar-refractivity contribution >= 4 is 15.9 Å². The molecule has 1 aliphatic heterocycles. The largest absolute Gasteiger partial charge is 0.495 e. The maximum Gasteiger partial charge on any atom is 0.177 e. The third-order valence-corrected chi connectivity index (χ3v) is 7.96. The summed E-state index contributed by atoms with van der Waals surface area (Å²) < 4.78 is 26.4. The van der Waals surface area contributed by atoms with Crippen LogP contribution < -0.4 is 9.47 Å². The molecule has 3 aromatic rings. The van der Waals surface area contributed by atoms with Crippen LogP contribution in [0, 0.1) is 5.92 Å². The molecule has 2 aromatic carbocycles. The van der Waals surface area contributed by atoms with E-state index in [1.54, 1.807) is 6.20 Å². The van der Waals surface area contributed by atoms with Crippen molar-refractivity contribution in [2.75, 3.05) is 33.9 Å². The van der Waals surface area contributed by atoms with Gasteiger partial charge in [0.15, 0.2) is 11.2 Å². The fraction of sp³-hybridized carbons (Fsp3) is 0.370. The smallest absolute Gasteiger partial charge is 0.177 e. The Bertz CT molecular complexity index is 1200. The van der Waals surface area contributed by atoms with E-state index in [4.69, 9.17) is 9.47 Å². The lowest BCUT2D eigenvalue weighted by atomic mass is 9.70. The number of ether oxygens (including phenoxy) is 2. The van der Waals surface area contributed by atoms with Crippen LogP contribution in [0.2, 0.25) is 0 Å². The van der Waals surface area contributed by atoms with Gasteiger partial charge >= 0.3 is 0 Å². The lowest BCUT2D eigenvalue weighted by Gasteiger charge is -2.41. The Hall–Kier alpha value is -2.52. The van der Waals surface area contributed by atoms with Gasteiger partial charge in [0.05, 0.1) is 31.2 Å². The third-order valence-electron chi connectivity index (χ3n) is 7.43. The van der Waals surface area contributed by atoms with E-state index in [0.29, 0.717) is 29.2 Å². The van der Waals surface area contributed by atoms with Gasteiger partial charge in [0.2, 0.25) is 0 Å². The molecule has 8 heteroatoms. The quantitative estimate of drug-likeness (QED) is 0.470. The van der Waals surface area contributed by atoms with Gasteiger partial charge in [0.1, 0.15) is 18.2 Å². The molecule has 1 saturated carbocycles. The Morgan fingerprint density at radius 3 is 2.51 bits per heavy atom. The molecule has 35 heavy (non-hydrogen) atoms. The van der Waals surface area contributed by atoms with Crippen LogP contribution in [0.25, 0.3) is 0 Å². The Morgan fingerprint density at radius 2 is 1.86 bits per heavy atom. The van der Waals surface area contributed by atoms with Crippen molar-refractivity contribution < 1.29 is 24.1 Å². The highest BCUT2D eigenvalue weighted by molar-refractivity contribution is 9.10. The maximum atomic E-state index is 13.2. The number of halogens is 2. The minimum Gasteiger partial charge on any atom is -0.495 e. The number of aliphatic hydroxyl groups is 2. The second kappa shape index (κ2) is 9.17. The molecule has 2 heterocycles. The summed E-state index contributed by atoms with van der Waals surface area (Å²) in [6.07, 6.45) is 1.83. The van der Waals surface area contributed by atoms with Gasteiger partial charge in [-0.1, -0.05) is 58.4 Å². The molecular formula is C27H28BrFN2O4. The summed E-state index contributed by atoms with van der Waals surface area (Å²) in [7, 11) is 3.32. The number of pyridine rings is 1. The monoisotopic (exact) mass is 542 g/mol. The van der Waals surface area contributed by atoms with Crippen molar-refractivity contribution in [2.45, 2.75) is 23.2 Å². The number of methoxy groups -OCH3 is 1. The number of nitrogens with zero attached hydrogens (tertiary/aromatic N) is 2. The molecule has 0 spiro atoms. The van der Waals surface area contributed by atoms with E-state index in [1.165, 1.54) is 13.3 Å². The highest BCUT2D eigenvalue weighted by Gasteiger charge is 2.76. The SMILES string of the molecule is COc1cncc2c1C1(O)C(O)C(CN(C)CCF)C(c3ccccc3)C1(c1ccc(Br)cc1)O2. The van der Waals surface area contributed by atoms with Gasteiger partial charge in [0, 0.05) is 29.4 Å². The first kappa shape index (κ1) is 24.2. The lowest BCUT2D eigenvalue weighted by molar-refractivity contribution is -0.152. The van der Waals surface area contributed by atoms with Crippen LogP contribution in [0.15, 0.2) is 71.5 Å². The van der Waals surface area contributed by atoms with Gasteiger partial charge in [-0.05, 0) is 30.3 Å². The third kappa shape index (κ3) is 3.49. The minimum atomic E-state index is -1.85. The zero-order valence-corrected chi connectivity index (χ0v) is 21.2. The summed E-state index contributed by atoms with van der Waals surface area (Å²) in [6.45, 7) is 0.0761. The minimum absolute atomic E-state index is 0.221. The van der Waals surface area contributed by atoms with Crippen LogP contribution in [0.5, 0.6) is 11.5 Å². The number of alkyl halides is 1. The van der Waals surface area contributed by atoms with Crippen LogP contribution in [0.1, 0.15) is 22.6 Å². The van der Waals surface area contributed by atoms with Crippen LogP contribution in [0.4, 0.5) is 4.39 Å². The van der Waals surface area contributed by atoms with Gasteiger partial charge in [-0.15, -0.1) is 0 Å². The number of aliphatic hydroxyl groups excluding tert-OH is 1. The molecule has 0 amide bonds. The first-order valence-corrected chi connectivity index (χ1v) is 12.3.